The van der Waals surface area contributed by atoms with Gasteiger partial charge in [-0.25, -0.2) is 4.98 Å². The molecule has 6 nitrogen and oxygen atoms in total. The summed E-state index contributed by atoms with van der Waals surface area (Å²) in [6.45, 7) is 0.194. The highest BCUT2D eigenvalue weighted by Gasteiger charge is 2.21. The monoisotopic (exact) mass is 384 g/mol. The quantitative estimate of drug-likeness (QED) is 0.538. The highest BCUT2D eigenvalue weighted by Crippen LogP contribution is 2.34. The van der Waals surface area contributed by atoms with Gasteiger partial charge in [-0.05, 0) is 37.0 Å². The zero-order valence-electron chi connectivity index (χ0n) is 13.6. The van der Waals surface area contributed by atoms with Gasteiger partial charge in [0.05, 0.1) is 11.7 Å². The fourth-order valence-electron chi connectivity index (χ4n) is 3.34. The third-order valence-corrected chi connectivity index (χ3v) is 5.98. The average Bonchev–Trinajstić information content (AvgIpc) is 3.33. The molecule has 1 aromatic carbocycles. The van der Waals surface area contributed by atoms with Crippen molar-refractivity contribution in [3.8, 4) is 11.4 Å². The molecule has 0 unspecified atom stereocenters. The van der Waals surface area contributed by atoms with Crippen molar-refractivity contribution >= 4 is 33.2 Å². The van der Waals surface area contributed by atoms with E-state index in [0.717, 1.165) is 35.0 Å². The first-order valence-electron chi connectivity index (χ1n) is 8.27. The van der Waals surface area contributed by atoms with Crippen LogP contribution >= 0.6 is 22.9 Å². The molecule has 0 aliphatic heterocycles. The van der Waals surface area contributed by atoms with Gasteiger partial charge in [0.1, 0.15) is 11.4 Å². The molecule has 0 saturated carbocycles. The summed E-state index contributed by atoms with van der Waals surface area (Å²) in [7, 11) is 0. The second-order valence-corrected chi connectivity index (χ2v) is 7.76. The Morgan fingerprint density at radius 3 is 3.12 bits per heavy atom. The number of halogens is 1. The minimum atomic E-state index is -0.0445. The molecule has 5 rings (SSSR count). The Bertz CT molecular complexity index is 1190. The van der Waals surface area contributed by atoms with Crippen molar-refractivity contribution in [2.24, 2.45) is 0 Å². The van der Waals surface area contributed by atoms with Crippen molar-refractivity contribution in [1.82, 2.24) is 19.7 Å². The summed E-state index contributed by atoms with van der Waals surface area (Å²) in [5.41, 5.74) is 1.89. The zero-order valence-corrected chi connectivity index (χ0v) is 15.2. The summed E-state index contributed by atoms with van der Waals surface area (Å²) < 4.78 is 6.85. The normalized spacial score (nSPS) is 13.4. The molecule has 0 saturated heterocycles. The number of rotatable bonds is 3. The first kappa shape index (κ1) is 15.7. The van der Waals surface area contributed by atoms with Crippen LogP contribution in [0.3, 0.4) is 0 Å². The zero-order chi connectivity index (χ0) is 17.7. The van der Waals surface area contributed by atoms with Crippen LogP contribution in [0.1, 0.15) is 22.8 Å². The highest BCUT2D eigenvalue weighted by molar-refractivity contribution is 7.18. The van der Waals surface area contributed by atoms with Gasteiger partial charge in [-0.3, -0.25) is 9.36 Å². The standard InChI is InChI=1S/C18H13ClN4O2S/c19-11-4-1-3-10(7-11)16-21-14(25-22-16)8-23-9-20-17-15(18(23)24)12-5-2-6-13(12)26-17/h1,3-4,7,9H,2,5-6,8H2. The maximum Gasteiger partial charge on any atom is 0.262 e. The van der Waals surface area contributed by atoms with Gasteiger partial charge in [-0.2, -0.15) is 4.98 Å². The number of aromatic nitrogens is 4. The van der Waals surface area contributed by atoms with Crippen LogP contribution in [0.4, 0.5) is 0 Å². The van der Waals surface area contributed by atoms with E-state index in [1.807, 2.05) is 12.1 Å². The lowest BCUT2D eigenvalue weighted by molar-refractivity contribution is 0.369. The molecule has 1 aliphatic rings. The molecule has 0 fully saturated rings. The van der Waals surface area contributed by atoms with Gasteiger partial charge < -0.3 is 4.52 Å². The number of benzene rings is 1. The predicted octanol–water partition coefficient (Wildman–Crippen LogP) is 3.70. The Morgan fingerprint density at radius 1 is 1.31 bits per heavy atom. The fraction of sp³-hybridized carbons (Fsp3) is 0.222. The molecular formula is C18H13ClN4O2S. The molecule has 0 spiro atoms. The van der Waals surface area contributed by atoms with Gasteiger partial charge in [0.15, 0.2) is 0 Å². The Hall–Kier alpha value is -2.51. The van der Waals surface area contributed by atoms with Crippen LogP contribution in [-0.4, -0.2) is 19.7 Å². The van der Waals surface area contributed by atoms with E-state index in [4.69, 9.17) is 16.1 Å². The number of hydrogen-bond acceptors (Lipinski definition) is 6. The second kappa shape index (κ2) is 6.03. The number of nitrogens with zero attached hydrogens (tertiary/aromatic N) is 4. The third-order valence-electron chi connectivity index (χ3n) is 4.55. The highest BCUT2D eigenvalue weighted by atomic mass is 35.5. The summed E-state index contributed by atoms with van der Waals surface area (Å²) in [4.78, 5) is 23.8. The van der Waals surface area contributed by atoms with E-state index in [9.17, 15) is 4.79 Å². The lowest BCUT2D eigenvalue weighted by Gasteiger charge is -2.02. The molecule has 26 heavy (non-hydrogen) atoms. The van der Waals surface area contributed by atoms with E-state index in [1.165, 1.54) is 15.0 Å². The fourth-order valence-corrected chi connectivity index (χ4v) is 4.75. The van der Waals surface area contributed by atoms with Crippen LogP contribution in [0.25, 0.3) is 21.6 Å². The summed E-state index contributed by atoms with van der Waals surface area (Å²) in [5.74, 6) is 0.802. The van der Waals surface area contributed by atoms with Crippen molar-refractivity contribution < 1.29 is 4.52 Å². The third kappa shape index (κ3) is 2.55. The van der Waals surface area contributed by atoms with Crippen LogP contribution in [0.2, 0.25) is 5.02 Å². The van der Waals surface area contributed by atoms with E-state index in [-0.39, 0.29) is 12.1 Å². The summed E-state index contributed by atoms with van der Waals surface area (Å²) in [6, 6.07) is 7.23. The Balaban J connectivity index is 1.50. The predicted molar refractivity (Wildman–Crippen MR) is 99.8 cm³/mol. The lowest BCUT2D eigenvalue weighted by Crippen LogP contribution is -2.21. The Morgan fingerprint density at radius 2 is 2.23 bits per heavy atom. The number of thiophene rings is 1. The molecule has 0 radical (unpaired) electrons. The van der Waals surface area contributed by atoms with Crippen molar-refractivity contribution in [1.29, 1.82) is 0 Å². The topological polar surface area (TPSA) is 73.8 Å². The van der Waals surface area contributed by atoms with Gasteiger partial charge in [0, 0.05) is 15.5 Å². The van der Waals surface area contributed by atoms with Crippen molar-refractivity contribution in [2.75, 3.05) is 0 Å². The molecule has 1 aliphatic carbocycles. The number of aryl methyl sites for hydroxylation is 2. The molecule has 0 atom stereocenters. The van der Waals surface area contributed by atoms with Crippen LogP contribution in [-0.2, 0) is 19.4 Å². The molecule has 3 heterocycles. The van der Waals surface area contributed by atoms with Crippen molar-refractivity contribution in [3.63, 3.8) is 0 Å². The van der Waals surface area contributed by atoms with Crippen molar-refractivity contribution in [2.45, 2.75) is 25.8 Å². The van der Waals surface area contributed by atoms with Gasteiger partial charge in [-0.1, -0.05) is 28.9 Å². The smallest absolute Gasteiger partial charge is 0.262 e. The molecule has 4 aromatic rings. The minimum Gasteiger partial charge on any atom is -0.337 e. The molecular weight excluding hydrogens is 372 g/mol. The Labute approximate surface area is 157 Å². The first-order chi connectivity index (χ1) is 12.7. The SMILES string of the molecule is O=c1c2c3c(sc2ncn1Cc1nc(-c2cccc(Cl)c2)no1)CCC3. The molecule has 8 heteroatoms. The second-order valence-electron chi connectivity index (χ2n) is 6.24. The largest absolute Gasteiger partial charge is 0.337 e. The van der Waals surface area contributed by atoms with Crippen LogP contribution < -0.4 is 5.56 Å². The molecule has 0 amide bonds. The maximum absolute atomic E-state index is 12.9. The molecule has 0 bridgehead atoms. The molecule has 130 valence electrons. The van der Waals surface area contributed by atoms with Crippen LogP contribution in [0.5, 0.6) is 0 Å². The summed E-state index contributed by atoms with van der Waals surface area (Å²) in [6.07, 6.45) is 4.66. The van der Waals surface area contributed by atoms with E-state index >= 15 is 0 Å². The summed E-state index contributed by atoms with van der Waals surface area (Å²) >= 11 is 7.63. The van der Waals surface area contributed by atoms with E-state index < -0.39 is 0 Å². The van der Waals surface area contributed by atoms with Gasteiger partial charge in [-0.15, -0.1) is 11.3 Å². The van der Waals surface area contributed by atoms with Gasteiger partial charge in [0.25, 0.3) is 5.56 Å². The van der Waals surface area contributed by atoms with Crippen molar-refractivity contribution in [3.05, 3.63) is 62.3 Å². The minimum absolute atomic E-state index is 0.0445. The Kier molecular flexibility index (Phi) is 3.65. The van der Waals surface area contributed by atoms with E-state index in [2.05, 4.69) is 15.1 Å². The average molecular weight is 385 g/mol. The maximum atomic E-state index is 12.9. The lowest BCUT2D eigenvalue weighted by atomic mass is 10.2. The summed E-state index contributed by atoms with van der Waals surface area (Å²) in [5, 5.41) is 5.34. The van der Waals surface area contributed by atoms with Crippen LogP contribution in [0, 0.1) is 0 Å². The number of fused-ring (bicyclic) bond motifs is 3. The van der Waals surface area contributed by atoms with E-state index in [1.54, 1.807) is 29.8 Å². The number of hydrogen-bond donors (Lipinski definition) is 0. The van der Waals surface area contributed by atoms with Crippen LogP contribution in [0.15, 0.2) is 39.9 Å². The van der Waals surface area contributed by atoms with Gasteiger partial charge in [0.2, 0.25) is 11.7 Å². The molecule has 0 N–H and O–H groups in total. The molecule has 3 aromatic heterocycles. The van der Waals surface area contributed by atoms with Gasteiger partial charge >= 0.3 is 0 Å². The first-order valence-corrected chi connectivity index (χ1v) is 9.47. The van der Waals surface area contributed by atoms with E-state index in [0.29, 0.717) is 16.7 Å².